The first-order chi connectivity index (χ1) is 12.7. The molecule has 3 rings (SSSR count). The van der Waals surface area contributed by atoms with Crippen molar-refractivity contribution in [1.82, 2.24) is 20.2 Å². The van der Waals surface area contributed by atoms with Crippen molar-refractivity contribution >= 4 is 11.9 Å². The summed E-state index contributed by atoms with van der Waals surface area (Å²) in [5, 5.41) is 3.19. The van der Waals surface area contributed by atoms with Gasteiger partial charge in [0.25, 0.3) is 0 Å². The van der Waals surface area contributed by atoms with Gasteiger partial charge in [0.05, 0.1) is 26.8 Å². The minimum absolute atomic E-state index is 0.143. The normalized spacial score (nSPS) is 19.2. The molecular weight excluding hydrogens is 334 g/mol. The average Bonchev–Trinajstić information content (AvgIpc) is 2.68. The lowest BCUT2D eigenvalue weighted by atomic mass is 9.95. The predicted octanol–water partition coefficient (Wildman–Crippen LogP) is 1.06. The van der Waals surface area contributed by atoms with Crippen LogP contribution in [-0.2, 0) is 4.79 Å². The number of methoxy groups -OCH3 is 2. The van der Waals surface area contributed by atoms with Crippen molar-refractivity contribution in [1.29, 1.82) is 0 Å². The maximum atomic E-state index is 12.3. The second kappa shape index (κ2) is 9.02. The first-order valence-electron chi connectivity index (χ1n) is 9.41. The molecule has 0 aromatic carbocycles. The Labute approximate surface area is 154 Å². The molecule has 0 atom stereocenters. The van der Waals surface area contributed by atoms with Gasteiger partial charge in [0.15, 0.2) is 0 Å². The van der Waals surface area contributed by atoms with Gasteiger partial charge in [0.2, 0.25) is 23.6 Å². The van der Waals surface area contributed by atoms with Crippen molar-refractivity contribution in [3.8, 4) is 11.8 Å². The third-order valence-electron chi connectivity index (χ3n) is 5.08. The Bertz CT molecular complexity index is 576. The van der Waals surface area contributed by atoms with Crippen LogP contribution in [0, 0.1) is 0 Å². The van der Waals surface area contributed by atoms with Crippen LogP contribution in [0.1, 0.15) is 32.1 Å². The molecule has 1 saturated heterocycles. The summed E-state index contributed by atoms with van der Waals surface area (Å²) in [6.45, 7) is 3.62. The maximum absolute atomic E-state index is 12.3. The Morgan fingerprint density at radius 1 is 1.08 bits per heavy atom. The molecular formula is C18H29N5O3. The summed E-state index contributed by atoms with van der Waals surface area (Å²) in [6, 6.07) is 2.03. The highest BCUT2D eigenvalue weighted by atomic mass is 16.5. The molecule has 8 nitrogen and oxygen atoms in total. The standard InChI is InChI=1S/C18H29N5O3/c1-25-16-12-17(26-2)21-18(20-16)23-10-8-22(9-11-23)13-15(24)19-14-6-4-3-5-7-14/h12,14H,3-11,13H2,1-2H3,(H,19,24). The Morgan fingerprint density at radius 3 is 2.27 bits per heavy atom. The third kappa shape index (κ3) is 4.97. The Hall–Kier alpha value is -2.09. The number of hydrogen-bond donors (Lipinski definition) is 1. The number of nitrogens with zero attached hydrogens (tertiary/aromatic N) is 4. The van der Waals surface area contributed by atoms with Crippen LogP contribution >= 0.6 is 0 Å². The molecule has 0 spiro atoms. The van der Waals surface area contributed by atoms with Gasteiger partial charge in [-0.25, -0.2) is 0 Å². The Morgan fingerprint density at radius 2 is 1.69 bits per heavy atom. The Balaban J connectivity index is 1.48. The molecule has 0 radical (unpaired) electrons. The maximum Gasteiger partial charge on any atom is 0.234 e. The zero-order chi connectivity index (χ0) is 18.4. The molecule has 8 heteroatoms. The van der Waals surface area contributed by atoms with Crippen LogP contribution < -0.4 is 19.7 Å². The van der Waals surface area contributed by atoms with Gasteiger partial charge in [-0.05, 0) is 12.8 Å². The van der Waals surface area contributed by atoms with Crippen molar-refractivity contribution < 1.29 is 14.3 Å². The molecule has 1 aromatic rings. The first kappa shape index (κ1) is 18.7. The number of nitrogens with one attached hydrogen (secondary N) is 1. The summed E-state index contributed by atoms with van der Waals surface area (Å²) in [7, 11) is 3.16. The number of aromatic nitrogens is 2. The number of ether oxygens (including phenoxy) is 2. The van der Waals surface area contributed by atoms with Crippen LogP contribution in [0.3, 0.4) is 0 Å². The summed E-state index contributed by atoms with van der Waals surface area (Å²) < 4.78 is 10.4. The molecule has 2 heterocycles. The summed E-state index contributed by atoms with van der Waals surface area (Å²) in [5.74, 6) is 1.72. The highest BCUT2D eigenvalue weighted by Crippen LogP contribution is 2.21. The van der Waals surface area contributed by atoms with Crippen molar-refractivity contribution in [3.05, 3.63) is 6.07 Å². The van der Waals surface area contributed by atoms with E-state index in [1.165, 1.54) is 19.3 Å². The van der Waals surface area contributed by atoms with Crippen molar-refractivity contribution in [3.63, 3.8) is 0 Å². The van der Waals surface area contributed by atoms with Gasteiger partial charge >= 0.3 is 0 Å². The molecule has 1 aliphatic carbocycles. The number of rotatable bonds is 6. The molecule has 0 bridgehead atoms. The van der Waals surface area contributed by atoms with Gasteiger partial charge in [0, 0.05) is 32.2 Å². The fourth-order valence-electron chi connectivity index (χ4n) is 3.57. The molecule has 2 fully saturated rings. The van der Waals surface area contributed by atoms with Crippen molar-refractivity contribution in [2.24, 2.45) is 0 Å². The molecule has 2 aliphatic rings. The van der Waals surface area contributed by atoms with Gasteiger partial charge in [-0.15, -0.1) is 0 Å². The number of piperazine rings is 1. The molecule has 26 heavy (non-hydrogen) atoms. The van der Waals surface area contributed by atoms with E-state index in [0.29, 0.717) is 30.3 Å². The lowest BCUT2D eigenvalue weighted by Gasteiger charge is -2.34. The zero-order valence-corrected chi connectivity index (χ0v) is 15.7. The molecule has 0 unspecified atom stereocenters. The van der Waals surface area contributed by atoms with Gasteiger partial charge in [-0.1, -0.05) is 19.3 Å². The number of anilines is 1. The summed E-state index contributed by atoms with van der Waals surface area (Å²) >= 11 is 0. The fraction of sp³-hybridized carbons (Fsp3) is 0.722. The van der Waals surface area contributed by atoms with Gasteiger partial charge in [-0.3, -0.25) is 9.69 Å². The van der Waals surface area contributed by atoms with E-state index in [0.717, 1.165) is 39.0 Å². The largest absolute Gasteiger partial charge is 0.481 e. The number of carbonyl (C=O) groups excluding carboxylic acids is 1. The lowest BCUT2D eigenvalue weighted by molar-refractivity contribution is -0.123. The second-order valence-electron chi connectivity index (χ2n) is 6.92. The molecule has 1 aliphatic heterocycles. The van der Waals surface area contributed by atoms with E-state index in [9.17, 15) is 4.79 Å². The molecule has 1 N–H and O–H groups in total. The number of amides is 1. The van der Waals surface area contributed by atoms with Crippen LogP contribution in [0.5, 0.6) is 11.8 Å². The predicted molar refractivity (Wildman–Crippen MR) is 98.8 cm³/mol. The average molecular weight is 363 g/mol. The molecule has 144 valence electrons. The number of hydrogen-bond acceptors (Lipinski definition) is 7. The van der Waals surface area contributed by atoms with Gasteiger partial charge in [-0.2, -0.15) is 9.97 Å². The number of carbonyl (C=O) groups is 1. The first-order valence-corrected chi connectivity index (χ1v) is 9.41. The molecule has 1 saturated carbocycles. The third-order valence-corrected chi connectivity index (χ3v) is 5.08. The van der Waals surface area contributed by atoms with Crippen molar-refractivity contribution in [2.45, 2.75) is 38.1 Å². The lowest BCUT2D eigenvalue weighted by Crippen LogP contribution is -2.51. The van der Waals surface area contributed by atoms with Gasteiger partial charge in [0.1, 0.15) is 0 Å². The van der Waals surface area contributed by atoms with Crippen LogP contribution in [0.4, 0.5) is 5.95 Å². The SMILES string of the molecule is COc1cc(OC)nc(N2CCN(CC(=O)NC3CCCCC3)CC2)n1. The van der Waals surface area contributed by atoms with E-state index in [1.54, 1.807) is 20.3 Å². The van der Waals surface area contributed by atoms with Crippen molar-refractivity contribution in [2.75, 3.05) is 51.8 Å². The van der Waals surface area contributed by atoms with Crippen LogP contribution in [0.25, 0.3) is 0 Å². The summed E-state index contributed by atoms with van der Waals surface area (Å²) in [5.41, 5.74) is 0. The topological polar surface area (TPSA) is 79.8 Å². The van der Waals surface area contributed by atoms with E-state index in [4.69, 9.17) is 9.47 Å². The molecule has 1 amide bonds. The van der Waals surface area contributed by atoms with E-state index in [1.807, 2.05) is 0 Å². The van der Waals surface area contributed by atoms with Gasteiger partial charge < -0.3 is 19.7 Å². The van der Waals surface area contributed by atoms with E-state index < -0.39 is 0 Å². The van der Waals surface area contributed by atoms with Crippen LogP contribution in [-0.4, -0.2) is 73.8 Å². The summed E-state index contributed by atoms with van der Waals surface area (Å²) in [4.78, 5) is 25.4. The summed E-state index contributed by atoms with van der Waals surface area (Å²) in [6.07, 6.45) is 6.00. The smallest absolute Gasteiger partial charge is 0.234 e. The highest BCUT2D eigenvalue weighted by Gasteiger charge is 2.23. The quantitative estimate of drug-likeness (QED) is 0.810. The minimum Gasteiger partial charge on any atom is -0.481 e. The molecule has 1 aromatic heterocycles. The monoisotopic (exact) mass is 363 g/mol. The minimum atomic E-state index is 0.143. The van der Waals surface area contributed by atoms with Crippen LogP contribution in [0.15, 0.2) is 6.07 Å². The Kier molecular flexibility index (Phi) is 6.49. The van der Waals surface area contributed by atoms with E-state index in [-0.39, 0.29) is 5.91 Å². The van der Waals surface area contributed by atoms with E-state index in [2.05, 4.69) is 25.1 Å². The fourth-order valence-corrected chi connectivity index (χ4v) is 3.57. The van der Waals surface area contributed by atoms with Crippen LogP contribution in [0.2, 0.25) is 0 Å². The second-order valence-corrected chi connectivity index (χ2v) is 6.92. The van der Waals surface area contributed by atoms with E-state index >= 15 is 0 Å². The zero-order valence-electron chi connectivity index (χ0n) is 15.7. The highest BCUT2D eigenvalue weighted by molar-refractivity contribution is 5.78.